The molecule has 1 aromatic rings. The lowest BCUT2D eigenvalue weighted by Crippen LogP contribution is -2.25. The molecule has 0 aliphatic carbocycles. The average molecular weight is 267 g/mol. The van der Waals surface area contributed by atoms with Crippen molar-refractivity contribution in [3.8, 4) is 0 Å². The maximum absolute atomic E-state index is 4.23. The lowest BCUT2D eigenvalue weighted by atomic mass is 10.2. The number of aromatic nitrogens is 1. The summed E-state index contributed by atoms with van der Waals surface area (Å²) in [6.07, 6.45) is 7.22. The van der Waals surface area contributed by atoms with Crippen LogP contribution in [-0.4, -0.2) is 36.6 Å². The fourth-order valence-electron chi connectivity index (χ4n) is 1.81. The van der Waals surface area contributed by atoms with Crippen molar-refractivity contribution < 1.29 is 0 Å². The predicted octanol–water partition coefficient (Wildman–Crippen LogP) is 2.77. The Labute approximate surface area is 115 Å². The minimum atomic E-state index is 0.500. The first-order valence-corrected chi connectivity index (χ1v) is 7.91. The van der Waals surface area contributed by atoms with Gasteiger partial charge >= 0.3 is 0 Å². The third-order valence-electron chi connectivity index (χ3n) is 2.83. The van der Waals surface area contributed by atoms with Crippen LogP contribution in [0.3, 0.4) is 0 Å². The third kappa shape index (κ3) is 5.27. The van der Waals surface area contributed by atoms with E-state index >= 15 is 0 Å². The van der Waals surface area contributed by atoms with E-state index in [-0.39, 0.29) is 0 Å². The Morgan fingerprint density at radius 2 is 2.22 bits per heavy atom. The standard InChI is InChI=1S/C14H25N3S/c1-12(2)16-11-13-10-15-7-6-14(13)17(3)8-5-9-18-4/h6-7,10,12,16H,5,8-9,11H2,1-4H3. The number of nitrogens with zero attached hydrogens (tertiary/aromatic N) is 2. The van der Waals surface area contributed by atoms with E-state index < -0.39 is 0 Å². The number of anilines is 1. The molecule has 0 aromatic carbocycles. The van der Waals surface area contributed by atoms with Crippen LogP contribution in [0.4, 0.5) is 5.69 Å². The van der Waals surface area contributed by atoms with E-state index in [4.69, 9.17) is 0 Å². The molecule has 0 saturated carbocycles. The van der Waals surface area contributed by atoms with Gasteiger partial charge in [-0.25, -0.2) is 0 Å². The summed E-state index contributed by atoms with van der Waals surface area (Å²) in [4.78, 5) is 6.56. The second-order valence-electron chi connectivity index (χ2n) is 4.81. The van der Waals surface area contributed by atoms with E-state index in [1.807, 2.05) is 24.2 Å². The van der Waals surface area contributed by atoms with Crippen LogP contribution < -0.4 is 10.2 Å². The predicted molar refractivity (Wildman–Crippen MR) is 82.5 cm³/mol. The summed E-state index contributed by atoms with van der Waals surface area (Å²) in [5, 5.41) is 3.45. The van der Waals surface area contributed by atoms with Crippen molar-refractivity contribution in [3.63, 3.8) is 0 Å². The average Bonchev–Trinajstić information content (AvgIpc) is 2.37. The summed E-state index contributed by atoms with van der Waals surface area (Å²) in [5.74, 6) is 1.22. The second-order valence-corrected chi connectivity index (χ2v) is 5.79. The van der Waals surface area contributed by atoms with Crippen LogP contribution in [0.25, 0.3) is 0 Å². The largest absolute Gasteiger partial charge is 0.374 e. The minimum Gasteiger partial charge on any atom is -0.374 e. The smallest absolute Gasteiger partial charge is 0.0440 e. The van der Waals surface area contributed by atoms with Crippen molar-refractivity contribution in [1.29, 1.82) is 0 Å². The summed E-state index contributed by atoms with van der Waals surface area (Å²) in [7, 11) is 2.16. The SMILES string of the molecule is CSCCCN(C)c1ccncc1CNC(C)C. The molecule has 1 rings (SSSR count). The van der Waals surface area contributed by atoms with Crippen molar-refractivity contribution in [1.82, 2.24) is 10.3 Å². The van der Waals surface area contributed by atoms with Crippen molar-refractivity contribution in [2.75, 3.05) is 30.5 Å². The lowest BCUT2D eigenvalue weighted by Gasteiger charge is -2.22. The number of rotatable bonds is 8. The number of pyridine rings is 1. The summed E-state index contributed by atoms with van der Waals surface area (Å²) in [6, 6.07) is 2.61. The molecule has 18 heavy (non-hydrogen) atoms. The molecule has 0 bridgehead atoms. The lowest BCUT2D eigenvalue weighted by molar-refractivity contribution is 0.587. The second kappa shape index (κ2) is 8.38. The minimum absolute atomic E-state index is 0.500. The molecule has 0 spiro atoms. The number of hydrogen-bond acceptors (Lipinski definition) is 4. The molecule has 1 N–H and O–H groups in total. The molecular weight excluding hydrogens is 242 g/mol. The molecule has 102 valence electrons. The molecule has 1 heterocycles. The molecule has 0 amide bonds. The highest BCUT2D eigenvalue weighted by molar-refractivity contribution is 7.98. The molecule has 0 fully saturated rings. The Kier molecular flexibility index (Phi) is 7.13. The van der Waals surface area contributed by atoms with Crippen molar-refractivity contribution in [3.05, 3.63) is 24.0 Å². The zero-order valence-corrected chi connectivity index (χ0v) is 12.8. The summed E-state index contributed by atoms with van der Waals surface area (Å²) in [6.45, 7) is 6.31. The first-order chi connectivity index (χ1) is 8.65. The van der Waals surface area contributed by atoms with Crippen LogP contribution >= 0.6 is 11.8 Å². The maximum atomic E-state index is 4.23. The van der Waals surface area contributed by atoms with Gasteiger partial charge in [-0.05, 0) is 24.5 Å². The summed E-state index contributed by atoms with van der Waals surface area (Å²) < 4.78 is 0. The van der Waals surface area contributed by atoms with Crippen molar-refractivity contribution >= 4 is 17.4 Å². The monoisotopic (exact) mass is 267 g/mol. The Morgan fingerprint density at radius 1 is 1.44 bits per heavy atom. The van der Waals surface area contributed by atoms with Crippen molar-refractivity contribution in [2.24, 2.45) is 0 Å². The topological polar surface area (TPSA) is 28.2 Å². The van der Waals surface area contributed by atoms with Gasteiger partial charge in [0.1, 0.15) is 0 Å². The van der Waals surface area contributed by atoms with Gasteiger partial charge in [0.2, 0.25) is 0 Å². The van der Waals surface area contributed by atoms with Gasteiger partial charge in [0.05, 0.1) is 0 Å². The Hall–Kier alpha value is -0.740. The molecule has 0 atom stereocenters. The molecule has 0 aliphatic heterocycles. The van der Waals surface area contributed by atoms with Gasteiger partial charge in [-0.1, -0.05) is 13.8 Å². The van der Waals surface area contributed by atoms with Gasteiger partial charge in [-0.2, -0.15) is 11.8 Å². The van der Waals surface area contributed by atoms with Crippen LogP contribution in [0.2, 0.25) is 0 Å². The molecule has 0 aliphatic rings. The van der Waals surface area contributed by atoms with Crippen LogP contribution in [0.5, 0.6) is 0 Å². The van der Waals surface area contributed by atoms with E-state index in [1.54, 1.807) is 0 Å². The van der Waals surface area contributed by atoms with Crippen LogP contribution in [0.1, 0.15) is 25.8 Å². The molecule has 0 radical (unpaired) electrons. The van der Waals surface area contributed by atoms with E-state index in [2.05, 4.69) is 48.4 Å². The number of hydrogen-bond donors (Lipinski definition) is 1. The Bertz CT molecular complexity index is 342. The van der Waals surface area contributed by atoms with Crippen molar-refractivity contribution in [2.45, 2.75) is 32.9 Å². The van der Waals surface area contributed by atoms with Gasteiger partial charge in [0.15, 0.2) is 0 Å². The highest BCUT2D eigenvalue weighted by Crippen LogP contribution is 2.18. The fraction of sp³-hybridized carbons (Fsp3) is 0.643. The number of thioether (sulfide) groups is 1. The van der Waals surface area contributed by atoms with E-state index in [0.717, 1.165) is 13.1 Å². The molecule has 3 nitrogen and oxygen atoms in total. The normalized spacial score (nSPS) is 10.9. The third-order valence-corrected chi connectivity index (χ3v) is 3.53. The molecule has 0 saturated heterocycles. The van der Waals surface area contributed by atoms with Crippen LogP contribution in [-0.2, 0) is 6.54 Å². The summed E-state index contributed by atoms with van der Waals surface area (Å²) in [5.41, 5.74) is 2.57. The Morgan fingerprint density at radius 3 is 2.89 bits per heavy atom. The zero-order chi connectivity index (χ0) is 13.4. The van der Waals surface area contributed by atoms with E-state index in [1.165, 1.54) is 23.4 Å². The van der Waals surface area contributed by atoms with E-state index in [9.17, 15) is 0 Å². The molecule has 0 unspecified atom stereocenters. The van der Waals surface area contributed by atoms with Gasteiger partial charge in [0.25, 0.3) is 0 Å². The first kappa shape index (κ1) is 15.3. The maximum Gasteiger partial charge on any atom is 0.0440 e. The number of nitrogens with one attached hydrogen (secondary N) is 1. The molecule has 1 aromatic heterocycles. The highest BCUT2D eigenvalue weighted by atomic mass is 32.2. The fourth-order valence-corrected chi connectivity index (χ4v) is 2.23. The molecule has 4 heteroatoms. The first-order valence-electron chi connectivity index (χ1n) is 6.51. The van der Waals surface area contributed by atoms with Gasteiger partial charge in [-0.15, -0.1) is 0 Å². The highest BCUT2D eigenvalue weighted by Gasteiger charge is 2.07. The van der Waals surface area contributed by atoms with Crippen LogP contribution in [0, 0.1) is 0 Å². The van der Waals surface area contributed by atoms with Gasteiger partial charge in [-0.3, -0.25) is 4.98 Å². The quantitative estimate of drug-likeness (QED) is 0.733. The summed E-state index contributed by atoms with van der Waals surface area (Å²) >= 11 is 1.91. The van der Waals surface area contributed by atoms with Gasteiger partial charge in [0, 0.05) is 49.8 Å². The van der Waals surface area contributed by atoms with Gasteiger partial charge < -0.3 is 10.2 Å². The zero-order valence-electron chi connectivity index (χ0n) is 11.9. The Balaban J connectivity index is 2.62. The van der Waals surface area contributed by atoms with E-state index in [0.29, 0.717) is 6.04 Å². The van der Waals surface area contributed by atoms with Crippen LogP contribution in [0.15, 0.2) is 18.5 Å². The molecular formula is C14H25N3S.